The summed E-state index contributed by atoms with van der Waals surface area (Å²) < 4.78 is 18.6. The van der Waals surface area contributed by atoms with Gasteiger partial charge in [-0.2, -0.15) is 0 Å². The van der Waals surface area contributed by atoms with Crippen LogP contribution >= 0.6 is 0 Å². The monoisotopic (exact) mass is 208 g/mol. The van der Waals surface area contributed by atoms with Gasteiger partial charge in [0.05, 0.1) is 8.52 Å². The Hall–Kier alpha value is -1.43. The van der Waals surface area contributed by atoms with E-state index in [1.807, 2.05) is 0 Å². The molecule has 0 aromatic carbocycles. The van der Waals surface area contributed by atoms with Crippen molar-refractivity contribution in [1.82, 2.24) is 0 Å². The largest absolute Gasteiger partial charge is 0.255 e. The van der Waals surface area contributed by atoms with Crippen LogP contribution in [0.1, 0.15) is 8.29 Å². The number of rotatable bonds is 3. The second-order valence-electron chi connectivity index (χ2n) is 1.05. The van der Waals surface area contributed by atoms with Crippen molar-refractivity contribution in [3.05, 3.63) is 20.9 Å². The molecule has 0 aliphatic rings. The molecule has 0 atom stereocenters. The van der Waals surface area contributed by atoms with Gasteiger partial charge in [-0.05, 0) is 11.1 Å². The maximum Gasteiger partial charge on any atom is 0.131 e. The Labute approximate surface area is 81.8 Å². The minimum absolute atomic E-state index is 0.0613. The molecule has 74 valence electrons. The molecule has 0 radical (unpaired) electrons. The zero-order chi connectivity index (χ0) is 11.7. The van der Waals surface area contributed by atoms with Crippen molar-refractivity contribution in [3.63, 3.8) is 0 Å². The maximum absolute atomic E-state index is 9.96. The number of halogens is 1. The second kappa shape index (κ2) is 31.2. The van der Waals surface area contributed by atoms with E-state index >= 15 is 0 Å². The molecule has 0 aliphatic heterocycles. The molecule has 0 aromatic heterocycles. The summed E-state index contributed by atoms with van der Waals surface area (Å²) in [6, 6.07) is 0. The van der Waals surface area contributed by atoms with Gasteiger partial charge >= 0.3 is 0 Å². The number of hydrogen-bond acceptors (Lipinski definition) is 4. The van der Waals surface area contributed by atoms with Crippen molar-refractivity contribution in [2.45, 2.75) is 6.92 Å². The molecule has 13 heavy (non-hydrogen) atoms. The highest BCUT2D eigenvalue weighted by Gasteiger charge is 1.59. The summed E-state index contributed by atoms with van der Waals surface area (Å²) in [6.45, 7) is 2.40. The highest BCUT2D eigenvalue weighted by atomic mass is 32.1. The van der Waals surface area contributed by atoms with Crippen molar-refractivity contribution in [1.29, 1.82) is 0 Å². The first-order valence-corrected chi connectivity index (χ1v) is 3.27. The summed E-state index contributed by atoms with van der Waals surface area (Å²) in [6.07, 6.45) is 0. The number of hydrogen-bond donors (Lipinski definition) is 0. The molecule has 0 aromatic rings. The summed E-state index contributed by atoms with van der Waals surface area (Å²) >= 11 is 4.08. The van der Waals surface area contributed by atoms with Gasteiger partial charge < -0.3 is 0 Å². The fourth-order valence-corrected chi connectivity index (χ4v) is 0.169. The SMILES string of the molecule is CCN=[N+]=[N-].[2H]CF.[N-]=[N+]=NCN=S. The quantitative estimate of drug-likeness (QED) is 0.396. The van der Waals surface area contributed by atoms with E-state index in [4.69, 9.17) is 12.4 Å². The van der Waals surface area contributed by atoms with Gasteiger partial charge in [-0.3, -0.25) is 4.39 Å². The Balaban J connectivity index is -0.000000138. The molecule has 0 spiro atoms. The van der Waals surface area contributed by atoms with Gasteiger partial charge in [0.15, 0.2) is 0 Å². The molecule has 0 aliphatic carbocycles. The fourth-order valence-electron chi connectivity index (χ4n) is 0.117. The number of alkyl halides is 1. The van der Waals surface area contributed by atoms with Crippen molar-refractivity contribution >= 4 is 12.4 Å². The Kier molecular flexibility index (Phi) is 33.9. The van der Waals surface area contributed by atoms with Gasteiger partial charge in [0, 0.05) is 28.8 Å². The Morgan fingerprint density at radius 3 is 2.00 bits per heavy atom. The third kappa shape index (κ3) is 60.9. The first-order chi connectivity index (χ1) is 6.74. The molecule has 0 saturated carbocycles. The Morgan fingerprint density at radius 1 is 1.46 bits per heavy atom. The van der Waals surface area contributed by atoms with Gasteiger partial charge in [-0.1, -0.05) is 17.2 Å². The Morgan fingerprint density at radius 2 is 1.92 bits per heavy atom. The normalized spacial score (nSPS) is 6.46. The summed E-state index contributed by atoms with van der Waals surface area (Å²) in [4.78, 5) is 4.87. The molecule has 0 rings (SSSR count). The molecule has 0 saturated heterocycles. The van der Waals surface area contributed by atoms with Crippen LogP contribution in [0.4, 0.5) is 4.39 Å². The van der Waals surface area contributed by atoms with E-state index in [-0.39, 0.29) is 6.67 Å². The van der Waals surface area contributed by atoms with Crippen LogP contribution in [-0.4, -0.2) is 20.4 Å². The van der Waals surface area contributed by atoms with Crippen LogP contribution in [0.5, 0.6) is 0 Å². The lowest BCUT2D eigenvalue weighted by molar-refractivity contribution is 0.636. The lowest BCUT2D eigenvalue weighted by Gasteiger charge is -1.62. The fraction of sp³-hybridized carbons (Fsp3) is 1.00. The van der Waals surface area contributed by atoms with Crippen LogP contribution in [0.25, 0.3) is 20.9 Å². The molecule has 9 heteroatoms. The van der Waals surface area contributed by atoms with E-state index in [0.717, 1.165) is 0 Å². The van der Waals surface area contributed by atoms with Crippen LogP contribution in [0, 0.1) is 0 Å². The molecule has 0 N–H and O–H groups in total. The van der Waals surface area contributed by atoms with Crippen molar-refractivity contribution in [3.8, 4) is 0 Å². The van der Waals surface area contributed by atoms with E-state index in [1.165, 1.54) is 0 Å². The first-order valence-electron chi connectivity index (χ1n) is 3.61. The molecule has 0 unspecified atom stereocenters. The first kappa shape index (κ1) is 14.1. The highest BCUT2D eigenvalue weighted by Crippen LogP contribution is 1.67. The predicted octanol–water partition coefficient (Wildman–Crippen LogP) is 2.89. The van der Waals surface area contributed by atoms with Gasteiger partial charge in [0.1, 0.15) is 6.67 Å². The van der Waals surface area contributed by atoms with Crippen molar-refractivity contribution < 1.29 is 5.76 Å². The zero-order valence-electron chi connectivity index (χ0n) is 8.04. The minimum atomic E-state index is -1.00. The summed E-state index contributed by atoms with van der Waals surface area (Å²) in [5.74, 6) is 0. The lowest BCUT2D eigenvalue weighted by Crippen LogP contribution is -1.58. The maximum atomic E-state index is 9.96. The van der Waals surface area contributed by atoms with Crippen molar-refractivity contribution in [2.24, 2.45) is 14.6 Å². The number of nitrogens with zero attached hydrogens (tertiary/aromatic N) is 7. The summed E-state index contributed by atoms with van der Waals surface area (Å²) in [5, 5.41) is 6.15. The molecule has 7 nitrogen and oxygen atoms in total. The van der Waals surface area contributed by atoms with E-state index in [1.54, 1.807) is 6.92 Å². The van der Waals surface area contributed by atoms with Crippen molar-refractivity contribution in [2.75, 3.05) is 20.4 Å². The Bertz CT molecular complexity index is 200. The molecule has 0 heterocycles. The average molecular weight is 208 g/mol. The molecule has 0 bridgehead atoms. The minimum Gasteiger partial charge on any atom is -0.255 e. The van der Waals surface area contributed by atoms with Gasteiger partial charge in [-0.25, -0.2) is 4.36 Å². The van der Waals surface area contributed by atoms with Crippen LogP contribution in [-0.2, 0) is 12.4 Å². The lowest BCUT2D eigenvalue weighted by atomic mass is 10.8. The smallest absolute Gasteiger partial charge is 0.131 e. The van der Waals surface area contributed by atoms with E-state index < -0.39 is 7.15 Å². The molecular formula is C4H10FN7S. The van der Waals surface area contributed by atoms with E-state index in [2.05, 4.69) is 36.8 Å². The van der Waals surface area contributed by atoms with Gasteiger partial charge in [0.25, 0.3) is 0 Å². The predicted molar refractivity (Wildman–Crippen MR) is 50.5 cm³/mol. The zero-order valence-corrected chi connectivity index (χ0v) is 7.85. The standard InChI is InChI=1S/C2H5N3.CH3F.CH2N4S/c1-2-4-5-3;1-2;2-5-3-1-4-6/h2H2,1H3;1H3;1H2/i;1D;. The average Bonchev–Trinajstić information content (AvgIpc) is 2.18. The van der Waals surface area contributed by atoms with Gasteiger partial charge in [-0.15, -0.1) is 0 Å². The third-order valence-electron chi connectivity index (χ3n) is 0.389. The molecule has 0 amide bonds. The van der Waals surface area contributed by atoms with Crippen LogP contribution in [0.15, 0.2) is 14.6 Å². The second-order valence-corrected chi connectivity index (χ2v) is 1.31. The molecular weight excluding hydrogens is 197 g/mol. The van der Waals surface area contributed by atoms with Crippen LogP contribution in [0.3, 0.4) is 0 Å². The van der Waals surface area contributed by atoms with E-state index in [0.29, 0.717) is 6.54 Å². The summed E-state index contributed by atoms with van der Waals surface area (Å²) in [7, 11) is -1.00. The topological polar surface area (TPSA) is 110 Å². The van der Waals surface area contributed by atoms with Crippen LogP contribution in [0.2, 0.25) is 0 Å². The number of azide groups is 2. The summed E-state index contributed by atoms with van der Waals surface area (Å²) in [5.41, 5.74) is 15.1. The third-order valence-corrected chi connectivity index (χ3v) is 0.504. The van der Waals surface area contributed by atoms with Crippen LogP contribution < -0.4 is 0 Å². The highest BCUT2D eigenvalue weighted by molar-refractivity contribution is 7.47. The molecule has 0 fully saturated rings. The van der Waals surface area contributed by atoms with Gasteiger partial charge in [0.2, 0.25) is 0 Å². The van der Waals surface area contributed by atoms with E-state index in [9.17, 15) is 4.39 Å².